The average Bonchev–Trinajstić information content (AvgIpc) is 2.40. The molecule has 0 fully saturated rings. The van der Waals surface area contributed by atoms with Crippen LogP contribution in [0.25, 0.3) is 0 Å². The number of carbonyl (C=O) groups excluding carboxylic acids is 1. The fraction of sp³-hybridized carbons (Fsp3) is 0.467. The van der Waals surface area contributed by atoms with Gasteiger partial charge in [-0.05, 0) is 36.8 Å². The lowest BCUT2D eigenvalue weighted by Gasteiger charge is -2.25. The highest BCUT2D eigenvalue weighted by Gasteiger charge is 2.26. The minimum absolute atomic E-state index is 0.176. The van der Waals surface area contributed by atoms with Gasteiger partial charge in [0.2, 0.25) is 0 Å². The van der Waals surface area contributed by atoms with E-state index in [0.717, 1.165) is 24.8 Å². The van der Waals surface area contributed by atoms with Gasteiger partial charge in [-0.3, -0.25) is 4.79 Å². The third kappa shape index (κ3) is 2.53. The predicted molar refractivity (Wildman–Crippen MR) is 67.6 cm³/mol. The number of esters is 1. The highest BCUT2D eigenvalue weighted by Crippen LogP contribution is 2.32. The zero-order valence-corrected chi connectivity index (χ0v) is 10.6. The Hall–Kier alpha value is -1.82. The summed E-state index contributed by atoms with van der Waals surface area (Å²) >= 11 is 0. The number of ether oxygens (including phenoxy) is 1. The van der Waals surface area contributed by atoms with Crippen LogP contribution in [0, 0.1) is 17.2 Å². The van der Waals surface area contributed by atoms with Gasteiger partial charge in [-0.25, -0.2) is 0 Å². The smallest absolute Gasteiger partial charge is 0.323 e. The highest BCUT2D eigenvalue weighted by atomic mass is 16.5. The van der Waals surface area contributed by atoms with Crippen LogP contribution < -0.4 is 0 Å². The molecule has 1 aliphatic carbocycles. The fourth-order valence-corrected chi connectivity index (χ4v) is 2.36. The summed E-state index contributed by atoms with van der Waals surface area (Å²) in [5.41, 5.74) is 2.36. The van der Waals surface area contributed by atoms with Crippen LogP contribution >= 0.6 is 0 Å². The summed E-state index contributed by atoms with van der Waals surface area (Å²) in [6, 6.07) is 10.1. The van der Waals surface area contributed by atoms with Gasteiger partial charge >= 0.3 is 5.97 Å². The summed E-state index contributed by atoms with van der Waals surface area (Å²) in [4.78, 5) is 11.8. The molecular formula is C15H17NO2. The van der Waals surface area contributed by atoms with Crippen molar-refractivity contribution < 1.29 is 9.53 Å². The van der Waals surface area contributed by atoms with Crippen LogP contribution in [-0.4, -0.2) is 5.97 Å². The molecule has 0 radical (unpaired) electrons. The Morgan fingerprint density at radius 1 is 1.56 bits per heavy atom. The summed E-state index contributed by atoms with van der Waals surface area (Å²) in [6.07, 6.45) is 3.25. The lowest BCUT2D eigenvalue weighted by Crippen LogP contribution is -2.21. The lowest BCUT2D eigenvalue weighted by molar-refractivity contribution is -0.153. The van der Waals surface area contributed by atoms with E-state index in [1.165, 1.54) is 5.56 Å². The molecule has 1 aromatic rings. The van der Waals surface area contributed by atoms with Gasteiger partial charge < -0.3 is 4.74 Å². The van der Waals surface area contributed by atoms with Gasteiger partial charge in [0.15, 0.2) is 0 Å². The molecule has 0 aromatic heterocycles. The molecule has 2 rings (SSSR count). The van der Waals surface area contributed by atoms with Gasteiger partial charge in [-0.15, -0.1) is 0 Å². The minimum Gasteiger partial charge on any atom is -0.457 e. The van der Waals surface area contributed by atoms with Crippen molar-refractivity contribution in [3.8, 4) is 6.07 Å². The van der Waals surface area contributed by atoms with E-state index in [1.54, 1.807) is 0 Å². The van der Waals surface area contributed by atoms with Crippen LogP contribution in [-0.2, 0) is 16.0 Å². The summed E-state index contributed by atoms with van der Waals surface area (Å²) in [7, 11) is 0. The van der Waals surface area contributed by atoms with Crippen molar-refractivity contribution in [2.24, 2.45) is 5.92 Å². The second-order valence-corrected chi connectivity index (χ2v) is 4.61. The van der Waals surface area contributed by atoms with Gasteiger partial charge in [0.25, 0.3) is 0 Å². The molecule has 0 N–H and O–H groups in total. The third-order valence-corrected chi connectivity index (χ3v) is 3.42. The molecule has 3 nitrogen and oxygen atoms in total. The summed E-state index contributed by atoms with van der Waals surface area (Å²) < 4.78 is 5.50. The van der Waals surface area contributed by atoms with Gasteiger partial charge in [0.05, 0.1) is 6.07 Å². The standard InChI is InChI=1S/C15H17NO2/c1-2-11(10-16)15(17)18-14-9-5-7-12-6-3-4-8-13(12)14/h3-4,6,8,11,14H,2,5,7,9H2,1H3. The third-order valence-electron chi connectivity index (χ3n) is 3.42. The number of hydrogen-bond donors (Lipinski definition) is 0. The van der Waals surface area contributed by atoms with Crippen LogP contribution in [0.3, 0.4) is 0 Å². The largest absolute Gasteiger partial charge is 0.457 e. The van der Waals surface area contributed by atoms with E-state index in [4.69, 9.17) is 10.00 Å². The summed E-state index contributed by atoms with van der Waals surface area (Å²) in [5.74, 6) is -1.03. The van der Waals surface area contributed by atoms with Crippen molar-refractivity contribution in [3.63, 3.8) is 0 Å². The van der Waals surface area contributed by atoms with E-state index in [9.17, 15) is 4.79 Å². The van der Waals surface area contributed by atoms with E-state index in [0.29, 0.717) is 6.42 Å². The van der Waals surface area contributed by atoms with Crippen molar-refractivity contribution >= 4 is 5.97 Å². The van der Waals surface area contributed by atoms with Crippen LogP contribution in [0.4, 0.5) is 0 Å². The molecule has 18 heavy (non-hydrogen) atoms. The van der Waals surface area contributed by atoms with E-state index in [2.05, 4.69) is 6.07 Å². The van der Waals surface area contributed by atoms with Crippen LogP contribution in [0.1, 0.15) is 43.4 Å². The monoisotopic (exact) mass is 243 g/mol. The van der Waals surface area contributed by atoms with E-state index >= 15 is 0 Å². The van der Waals surface area contributed by atoms with Crippen LogP contribution in [0.5, 0.6) is 0 Å². The van der Waals surface area contributed by atoms with Crippen molar-refractivity contribution in [1.82, 2.24) is 0 Å². The number of aryl methyl sites for hydroxylation is 1. The first-order chi connectivity index (χ1) is 8.76. The van der Waals surface area contributed by atoms with E-state index in [1.807, 2.05) is 31.2 Å². The molecule has 94 valence electrons. The Morgan fingerprint density at radius 2 is 2.33 bits per heavy atom. The Bertz CT molecular complexity index is 476. The SMILES string of the molecule is CCC(C#N)C(=O)OC1CCCc2ccccc21. The normalized spacial score (nSPS) is 19.4. The number of hydrogen-bond acceptors (Lipinski definition) is 3. The Labute approximate surface area is 107 Å². The maximum Gasteiger partial charge on any atom is 0.323 e. The Kier molecular flexibility index (Phi) is 3.99. The molecule has 2 atom stereocenters. The van der Waals surface area contributed by atoms with Crippen molar-refractivity contribution in [3.05, 3.63) is 35.4 Å². The molecule has 0 saturated carbocycles. The molecule has 0 heterocycles. The summed E-state index contributed by atoms with van der Waals surface area (Å²) in [6.45, 7) is 1.82. The van der Waals surface area contributed by atoms with Gasteiger partial charge in [0, 0.05) is 0 Å². The first kappa shape index (κ1) is 12.6. The molecule has 2 unspecified atom stereocenters. The summed E-state index contributed by atoms with van der Waals surface area (Å²) in [5, 5.41) is 8.87. The van der Waals surface area contributed by atoms with Gasteiger partial charge in [-0.2, -0.15) is 5.26 Å². The number of nitriles is 1. The molecule has 0 amide bonds. The van der Waals surface area contributed by atoms with E-state index < -0.39 is 5.92 Å². The van der Waals surface area contributed by atoms with Crippen molar-refractivity contribution in [2.45, 2.75) is 38.7 Å². The highest BCUT2D eigenvalue weighted by molar-refractivity contribution is 5.75. The van der Waals surface area contributed by atoms with Crippen molar-refractivity contribution in [2.75, 3.05) is 0 Å². The molecule has 1 aromatic carbocycles. The first-order valence-corrected chi connectivity index (χ1v) is 6.44. The number of rotatable bonds is 3. The van der Waals surface area contributed by atoms with Gasteiger partial charge in [-0.1, -0.05) is 31.2 Å². The fourth-order valence-electron chi connectivity index (χ4n) is 2.36. The zero-order valence-electron chi connectivity index (χ0n) is 10.6. The minimum atomic E-state index is -0.640. The molecule has 3 heteroatoms. The lowest BCUT2D eigenvalue weighted by atomic mass is 9.89. The number of benzene rings is 1. The predicted octanol–water partition coefficient (Wildman–Crippen LogP) is 3.16. The maximum atomic E-state index is 11.8. The Balaban J connectivity index is 2.12. The second kappa shape index (κ2) is 5.68. The molecule has 0 aliphatic heterocycles. The molecule has 0 saturated heterocycles. The zero-order chi connectivity index (χ0) is 13.0. The molecule has 1 aliphatic rings. The number of nitrogens with zero attached hydrogens (tertiary/aromatic N) is 1. The van der Waals surface area contributed by atoms with E-state index in [-0.39, 0.29) is 12.1 Å². The van der Waals surface area contributed by atoms with Crippen LogP contribution in [0.15, 0.2) is 24.3 Å². The molecule has 0 bridgehead atoms. The quantitative estimate of drug-likeness (QED) is 0.766. The second-order valence-electron chi connectivity index (χ2n) is 4.61. The average molecular weight is 243 g/mol. The molecular weight excluding hydrogens is 226 g/mol. The number of fused-ring (bicyclic) bond motifs is 1. The number of carbonyl (C=O) groups is 1. The first-order valence-electron chi connectivity index (χ1n) is 6.44. The molecule has 0 spiro atoms. The topological polar surface area (TPSA) is 50.1 Å². The van der Waals surface area contributed by atoms with Crippen LogP contribution in [0.2, 0.25) is 0 Å². The van der Waals surface area contributed by atoms with Gasteiger partial charge in [0.1, 0.15) is 12.0 Å². The maximum absolute atomic E-state index is 11.8. The Morgan fingerprint density at radius 3 is 3.06 bits per heavy atom. The van der Waals surface area contributed by atoms with Crippen molar-refractivity contribution in [1.29, 1.82) is 5.26 Å².